The van der Waals surface area contributed by atoms with E-state index >= 15 is 8.78 Å². The number of halogens is 4. The highest BCUT2D eigenvalue weighted by Crippen LogP contribution is 2.28. The first-order valence-corrected chi connectivity index (χ1v) is 13.2. The summed E-state index contributed by atoms with van der Waals surface area (Å²) < 4.78 is 57.5. The van der Waals surface area contributed by atoms with Gasteiger partial charge in [0.25, 0.3) is 0 Å². The first-order valence-electron chi connectivity index (χ1n) is 12.8. The zero-order valence-corrected chi connectivity index (χ0v) is 22.5. The third-order valence-electron chi connectivity index (χ3n) is 6.79. The van der Waals surface area contributed by atoms with E-state index < -0.39 is 23.4 Å². The van der Waals surface area contributed by atoms with Crippen LogP contribution < -0.4 is 4.74 Å². The fraction of sp³-hybridized carbons (Fsp3) is 0.207. The van der Waals surface area contributed by atoms with E-state index in [2.05, 4.69) is 19.9 Å². The van der Waals surface area contributed by atoms with Gasteiger partial charge in [0.1, 0.15) is 41.1 Å². The highest BCUT2D eigenvalue weighted by atomic mass is 35.5. The van der Waals surface area contributed by atoms with Crippen LogP contribution in [0.25, 0.3) is 22.4 Å². The molecule has 5 heterocycles. The number of carbonyl (C=O) groups is 1. The van der Waals surface area contributed by atoms with Gasteiger partial charge in [-0.3, -0.25) is 4.98 Å². The molecular formula is C29H21ClF3N5O4. The Morgan fingerprint density at radius 2 is 1.90 bits per heavy atom. The summed E-state index contributed by atoms with van der Waals surface area (Å²) in [7, 11) is 0. The molecule has 0 amide bonds. The number of rotatable bonds is 9. The highest BCUT2D eigenvalue weighted by Gasteiger charge is 2.24. The Morgan fingerprint density at radius 1 is 1.07 bits per heavy atom. The van der Waals surface area contributed by atoms with Crippen molar-refractivity contribution in [2.75, 3.05) is 6.61 Å². The molecule has 1 aliphatic rings. The molecule has 214 valence electrons. The SMILES string of the molecule is O=C(O)c1ccc2nc(Cc3cc(F)c(-c4cccc(OCc5ncc(Cl)cc5F)n4)cc3F)n(C[C@@H]3CCO3)c2n1. The van der Waals surface area contributed by atoms with Gasteiger partial charge in [0.15, 0.2) is 11.3 Å². The Morgan fingerprint density at radius 3 is 2.64 bits per heavy atom. The number of carboxylic acid groups (broad SMARTS) is 1. The van der Waals surface area contributed by atoms with Crippen LogP contribution in [0.1, 0.15) is 34.0 Å². The smallest absolute Gasteiger partial charge is 0.354 e. The molecule has 0 spiro atoms. The Bertz CT molecular complexity index is 1830. The largest absolute Gasteiger partial charge is 0.477 e. The summed E-state index contributed by atoms with van der Waals surface area (Å²) >= 11 is 5.72. The molecule has 1 N–H and O–H groups in total. The molecule has 0 unspecified atom stereocenters. The summed E-state index contributed by atoms with van der Waals surface area (Å²) in [5.41, 5.74) is 0.671. The van der Waals surface area contributed by atoms with Gasteiger partial charge in [0.2, 0.25) is 5.88 Å². The van der Waals surface area contributed by atoms with E-state index in [0.717, 1.165) is 24.6 Å². The fourth-order valence-corrected chi connectivity index (χ4v) is 4.70. The van der Waals surface area contributed by atoms with Crippen molar-refractivity contribution in [3.8, 4) is 17.1 Å². The minimum Gasteiger partial charge on any atom is -0.477 e. The minimum atomic E-state index is -1.19. The third-order valence-corrected chi connectivity index (χ3v) is 7.00. The zero-order valence-electron chi connectivity index (χ0n) is 21.7. The molecule has 0 saturated carbocycles. The number of aromatic carboxylic acids is 1. The average molecular weight is 596 g/mol. The molecule has 9 nitrogen and oxygen atoms in total. The van der Waals surface area contributed by atoms with Gasteiger partial charge in [-0.25, -0.2) is 32.9 Å². The van der Waals surface area contributed by atoms with E-state index in [4.69, 9.17) is 21.1 Å². The van der Waals surface area contributed by atoms with Gasteiger partial charge in [-0.2, -0.15) is 0 Å². The lowest BCUT2D eigenvalue weighted by Crippen LogP contribution is -2.32. The summed E-state index contributed by atoms with van der Waals surface area (Å²) in [5, 5.41) is 9.52. The van der Waals surface area contributed by atoms with Crippen molar-refractivity contribution in [2.24, 2.45) is 0 Å². The summed E-state index contributed by atoms with van der Waals surface area (Å²) in [5.74, 6) is -2.80. The van der Waals surface area contributed by atoms with E-state index in [-0.39, 0.29) is 58.2 Å². The molecule has 1 aliphatic heterocycles. The van der Waals surface area contributed by atoms with Crippen LogP contribution in [0.2, 0.25) is 5.02 Å². The first kappa shape index (κ1) is 27.6. The molecule has 1 fully saturated rings. The topological polar surface area (TPSA) is 112 Å². The quantitative estimate of drug-likeness (QED) is 0.234. The molecule has 5 aromatic rings. The van der Waals surface area contributed by atoms with Gasteiger partial charge in [-0.05, 0) is 48.4 Å². The molecule has 0 bridgehead atoms. The number of benzene rings is 1. The highest BCUT2D eigenvalue weighted by molar-refractivity contribution is 6.30. The van der Waals surface area contributed by atoms with Crippen LogP contribution in [-0.4, -0.2) is 48.3 Å². The van der Waals surface area contributed by atoms with Gasteiger partial charge >= 0.3 is 5.97 Å². The van der Waals surface area contributed by atoms with Crippen LogP contribution in [0.3, 0.4) is 0 Å². The molecule has 1 aromatic carbocycles. The van der Waals surface area contributed by atoms with Crippen LogP contribution in [0.15, 0.2) is 54.7 Å². The van der Waals surface area contributed by atoms with Gasteiger partial charge in [0.05, 0.1) is 23.4 Å². The summed E-state index contributed by atoms with van der Waals surface area (Å²) in [4.78, 5) is 28.4. The monoisotopic (exact) mass is 595 g/mol. The lowest BCUT2D eigenvalue weighted by molar-refractivity contribution is -0.0590. The normalized spacial score (nSPS) is 14.6. The third kappa shape index (κ3) is 5.63. The van der Waals surface area contributed by atoms with Crippen molar-refractivity contribution in [1.29, 1.82) is 0 Å². The number of fused-ring (bicyclic) bond motifs is 1. The van der Waals surface area contributed by atoms with E-state index in [0.29, 0.717) is 30.1 Å². The molecule has 6 rings (SSSR count). The van der Waals surface area contributed by atoms with E-state index in [9.17, 15) is 14.3 Å². The predicted octanol–water partition coefficient (Wildman–Crippen LogP) is 5.62. The second-order valence-corrected chi connectivity index (χ2v) is 10.0. The second kappa shape index (κ2) is 11.4. The van der Waals surface area contributed by atoms with Gasteiger partial charge in [-0.1, -0.05) is 17.7 Å². The number of aromatic nitrogens is 5. The maximum atomic E-state index is 15.4. The van der Waals surface area contributed by atoms with E-state index in [1.807, 2.05) is 0 Å². The molecule has 1 atom stereocenters. The number of nitrogens with zero attached hydrogens (tertiary/aromatic N) is 5. The fourth-order valence-electron chi connectivity index (χ4n) is 4.55. The molecule has 42 heavy (non-hydrogen) atoms. The standard InChI is InChI=1S/C29H21ClF3N5O4/c30-16-10-21(33)25(34-12-16)14-42-27-3-1-2-22(36-27)18-11-19(31)15(8-20(18)32)9-26-35-23-4-5-24(29(39)40)37-28(23)38(26)13-17-6-7-41-17/h1-5,8,10-12,17H,6-7,9,13-14H2,(H,39,40)/t17-/m0/s1. The number of imidazole rings is 1. The summed E-state index contributed by atoms with van der Waals surface area (Å²) in [6, 6.07) is 10.6. The second-order valence-electron chi connectivity index (χ2n) is 9.60. The summed E-state index contributed by atoms with van der Waals surface area (Å²) in [6.45, 7) is 0.706. The van der Waals surface area contributed by atoms with Crippen molar-refractivity contribution in [2.45, 2.75) is 32.1 Å². The van der Waals surface area contributed by atoms with Crippen LogP contribution >= 0.6 is 11.6 Å². The molecule has 0 radical (unpaired) electrons. The van der Waals surface area contributed by atoms with Crippen LogP contribution in [-0.2, 0) is 24.3 Å². The van der Waals surface area contributed by atoms with Crippen LogP contribution in [0, 0.1) is 17.5 Å². The van der Waals surface area contributed by atoms with Crippen LogP contribution in [0.5, 0.6) is 5.88 Å². The molecule has 13 heteroatoms. The molecule has 4 aromatic heterocycles. The predicted molar refractivity (Wildman–Crippen MR) is 145 cm³/mol. The average Bonchev–Trinajstić information content (AvgIpc) is 3.28. The number of hydrogen-bond acceptors (Lipinski definition) is 7. The van der Waals surface area contributed by atoms with Gasteiger partial charge in [-0.15, -0.1) is 0 Å². The number of ether oxygens (including phenoxy) is 2. The Balaban J connectivity index is 1.27. The van der Waals surface area contributed by atoms with Crippen molar-refractivity contribution >= 4 is 28.7 Å². The lowest BCUT2D eigenvalue weighted by atomic mass is 10.0. The van der Waals surface area contributed by atoms with E-state index in [1.54, 1.807) is 10.6 Å². The lowest BCUT2D eigenvalue weighted by Gasteiger charge is -2.27. The van der Waals surface area contributed by atoms with Crippen molar-refractivity contribution in [3.63, 3.8) is 0 Å². The number of carboxylic acids is 1. The molecular weight excluding hydrogens is 575 g/mol. The molecule has 1 saturated heterocycles. The maximum Gasteiger partial charge on any atom is 0.354 e. The Hall–Kier alpha value is -4.55. The van der Waals surface area contributed by atoms with Gasteiger partial charge < -0.3 is 19.1 Å². The van der Waals surface area contributed by atoms with Gasteiger partial charge in [0, 0.05) is 30.9 Å². The first-order chi connectivity index (χ1) is 20.2. The Kier molecular flexibility index (Phi) is 7.48. The number of pyridine rings is 3. The number of hydrogen-bond donors (Lipinski definition) is 1. The molecule has 0 aliphatic carbocycles. The maximum absolute atomic E-state index is 15.4. The van der Waals surface area contributed by atoms with Crippen LogP contribution in [0.4, 0.5) is 13.2 Å². The van der Waals surface area contributed by atoms with Crippen molar-refractivity contribution in [1.82, 2.24) is 24.5 Å². The van der Waals surface area contributed by atoms with E-state index in [1.165, 1.54) is 30.5 Å². The zero-order chi connectivity index (χ0) is 29.4. The Labute approximate surface area is 241 Å². The van der Waals surface area contributed by atoms with Crippen molar-refractivity contribution in [3.05, 3.63) is 100.0 Å². The summed E-state index contributed by atoms with van der Waals surface area (Å²) in [6.07, 6.45) is 1.89. The van der Waals surface area contributed by atoms with Crippen molar-refractivity contribution < 1.29 is 32.5 Å². The minimum absolute atomic E-state index is 0.0115.